The number of nitrogens with zero attached hydrogens (tertiary/aromatic N) is 1. The van der Waals surface area contributed by atoms with Gasteiger partial charge >= 0.3 is 5.97 Å². The van der Waals surface area contributed by atoms with E-state index in [9.17, 15) is 4.79 Å². The van der Waals surface area contributed by atoms with E-state index in [4.69, 9.17) is 20.9 Å². The molecular formula is C17H12ClNO3. The molecule has 1 heterocycles. The van der Waals surface area contributed by atoms with Crippen molar-refractivity contribution in [3.8, 4) is 22.6 Å². The largest absolute Gasteiger partial charge is 0.465 e. The van der Waals surface area contributed by atoms with Crippen molar-refractivity contribution in [1.29, 1.82) is 0 Å². The van der Waals surface area contributed by atoms with Gasteiger partial charge in [0.15, 0.2) is 5.76 Å². The van der Waals surface area contributed by atoms with Crippen LogP contribution in [0.4, 0.5) is 0 Å². The van der Waals surface area contributed by atoms with Gasteiger partial charge in [-0.25, -0.2) is 4.79 Å². The van der Waals surface area contributed by atoms with Gasteiger partial charge in [-0.05, 0) is 24.3 Å². The zero-order valence-corrected chi connectivity index (χ0v) is 12.5. The van der Waals surface area contributed by atoms with Crippen molar-refractivity contribution in [2.24, 2.45) is 0 Å². The quantitative estimate of drug-likeness (QED) is 0.670. The fourth-order valence-electron chi connectivity index (χ4n) is 2.17. The topological polar surface area (TPSA) is 52.3 Å². The first-order valence-corrected chi connectivity index (χ1v) is 6.98. The van der Waals surface area contributed by atoms with Crippen molar-refractivity contribution in [2.75, 3.05) is 7.11 Å². The standard InChI is InChI=1S/C17H12ClNO3/c1-21-17(20)14-15(11-5-3-2-4-6-11)19-22-16(14)12-7-9-13(18)10-8-12/h2-10H,1H3. The van der Waals surface area contributed by atoms with Gasteiger partial charge in [-0.2, -0.15) is 0 Å². The van der Waals surface area contributed by atoms with Crippen molar-refractivity contribution < 1.29 is 14.1 Å². The minimum atomic E-state index is -0.495. The Hall–Kier alpha value is -2.59. The summed E-state index contributed by atoms with van der Waals surface area (Å²) in [6, 6.07) is 16.3. The smallest absolute Gasteiger partial charge is 0.344 e. The highest BCUT2D eigenvalue weighted by Crippen LogP contribution is 2.33. The molecule has 1 aromatic heterocycles. The highest BCUT2D eigenvalue weighted by Gasteiger charge is 2.25. The molecule has 0 fully saturated rings. The molecule has 0 unspecified atom stereocenters. The molecule has 0 aliphatic heterocycles. The Morgan fingerprint density at radius 2 is 1.73 bits per heavy atom. The van der Waals surface area contributed by atoms with Crippen LogP contribution < -0.4 is 0 Å². The van der Waals surface area contributed by atoms with Crippen LogP contribution in [0.15, 0.2) is 59.1 Å². The average molecular weight is 314 g/mol. The summed E-state index contributed by atoms with van der Waals surface area (Å²) >= 11 is 5.89. The Bertz CT molecular complexity index is 795. The molecule has 0 amide bonds. The molecule has 0 aliphatic rings. The molecule has 0 radical (unpaired) electrons. The number of halogens is 1. The van der Waals surface area contributed by atoms with Gasteiger partial charge < -0.3 is 9.26 Å². The molecule has 0 saturated heterocycles. The number of hydrogen-bond donors (Lipinski definition) is 0. The molecule has 4 nitrogen and oxygen atoms in total. The van der Waals surface area contributed by atoms with Crippen LogP contribution in [-0.4, -0.2) is 18.2 Å². The van der Waals surface area contributed by atoms with Crippen LogP contribution in [0.1, 0.15) is 10.4 Å². The van der Waals surface area contributed by atoms with Gasteiger partial charge in [-0.3, -0.25) is 0 Å². The van der Waals surface area contributed by atoms with Gasteiger partial charge in [0.2, 0.25) is 0 Å². The molecule has 0 atom stereocenters. The van der Waals surface area contributed by atoms with Crippen LogP contribution in [0.25, 0.3) is 22.6 Å². The van der Waals surface area contributed by atoms with E-state index in [1.165, 1.54) is 7.11 Å². The first kappa shape index (κ1) is 14.4. The predicted octanol–water partition coefficient (Wildman–Crippen LogP) is 4.45. The number of ether oxygens (including phenoxy) is 1. The first-order valence-electron chi connectivity index (χ1n) is 6.60. The number of esters is 1. The third kappa shape index (κ3) is 2.61. The second-order valence-electron chi connectivity index (χ2n) is 4.60. The highest BCUT2D eigenvalue weighted by atomic mass is 35.5. The lowest BCUT2D eigenvalue weighted by Crippen LogP contribution is -2.03. The Balaban J connectivity index is 2.18. The molecule has 2 aromatic carbocycles. The lowest BCUT2D eigenvalue weighted by Gasteiger charge is -2.03. The van der Waals surface area contributed by atoms with E-state index in [1.54, 1.807) is 24.3 Å². The number of carbonyl (C=O) groups excluding carboxylic acids is 1. The third-order valence-corrected chi connectivity index (χ3v) is 3.49. The van der Waals surface area contributed by atoms with Crippen molar-refractivity contribution in [3.05, 3.63) is 65.2 Å². The number of hydrogen-bond acceptors (Lipinski definition) is 4. The van der Waals surface area contributed by atoms with E-state index in [1.807, 2.05) is 30.3 Å². The Morgan fingerprint density at radius 1 is 1.05 bits per heavy atom. The normalized spacial score (nSPS) is 10.5. The lowest BCUT2D eigenvalue weighted by molar-refractivity contribution is 0.0602. The SMILES string of the molecule is COC(=O)c1c(-c2ccccc2)noc1-c1ccc(Cl)cc1. The Labute approximate surface area is 132 Å². The number of rotatable bonds is 3. The molecule has 3 rings (SSSR count). The summed E-state index contributed by atoms with van der Waals surface area (Å²) in [5, 5.41) is 4.65. The highest BCUT2D eigenvalue weighted by molar-refractivity contribution is 6.30. The summed E-state index contributed by atoms with van der Waals surface area (Å²) in [4.78, 5) is 12.2. The maximum atomic E-state index is 12.2. The van der Waals surface area contributed by atoms with E-state index in [2.05, 4.69) is 5.16 Å². The monoisotopic (exact) mass is 313 g/mol. The fraction of sp³-hybridized carbons (Fsp3) is 0.0588. The van der Waals surface area contributed by atoms with Crippen LogP contribution in [0.2, 0.25) is 5.02 Å². The van der Waals surface area contributed by atoms with Gasteiger partial charge in [0.1, 0.15) is 11.3 Å². The van der Waals surface area contributed by atoms with Gasteiger partial charge in [0, 0.05) is 16.1 Å². The molecule has 0 aliphatic carbocycles. The summed E-state index contributed by atoms with van der Waals surface area (Å²) in [6.07, 6.45) is 0. The van der Waals surface area contributed by atoms with Crippen LogP contribution in [0.5, 0.6) is 0 Å². The molecule has 0 bridgehead atoms. The molecule has 0 N–H and O–H groups in total. The summed E-state index contributed by atoms with van der Waals surface area (Å²) < 4.78 is 10.3. The van der Waals surface area contributed by atoms with Crippen LogP contribution in [0.3, 0.4) is 0 Å². The number of benzene rings is 2. The van der Waals surface area contributed by atoms with E-state index in [0.717, 1.165) is 5.56 Å². The van der Waals surface area contributed by atoms with E-state index < -0.39 is 5.97 Å². The van der Waals surface area contributed by atoms with Crippen LogP contribution >= 0.6 is 11.6 Å². The lowest BCUT2D eigenvalue weighted by atomic mass is 10.0. The van der Waals surface area contributed by atoms with Crippen LogP contribution in [0, 0.1) is 0 Å². The number of aromatic nitrogens is 1. The Kier molecular flexibility index (Phi) is 3.94. The van der Waals surface area contributed by atoms with E-state index in [-0.39, 0.29) is 0 Å². The zero-order valence-electron chi connectivity index (χ0n) is 11.7. The fourth-order valence-corrected chi connectivity index (χ4v) is 2.30. The molecule has 22 heavy (non-hydrogen) atoms. The molecule has 0 saturated carbocycles. The number of methoxy groups -OCH3 is 1. The van der Waals surface area contributed by atoms with Crippen LogP contribution in [-0.2, 0) is 4.74 Å². The van der Waals surface area contributed by atoms with Crippen molar-refractivity contribution in [3.63, 3.8) is 0 Å². The zero-order chi connectivity index (χ0) is 15.5. The Morgan fingerprint density at radius 3 is 2.36 bits per heavy atom. The minimum Gasteiger partial charge on any atom is -0.465 e. The maximum absolute atomic E-state index is 12.2. The molecule has 110 valence electrons. The van der Waals surface area contributed by atoms with Crippen molar-refractivity contribution >= 4 is 17.6 Å². The second kappa shape index (κ2) is 6.03. The van der Waals surface area contributed by atoms with Crippen molar-refractivity contribution in [2.45, 2.75) is 0 Å². The molecule has 3 aromatic rings. The van der Waals surface area contributed by atoms with E-state index in [0.29, 0.717) is 27.6 Å². The maximum Gasteiger partial charge on any atom is 0.344 e. The minimum absolute atomic E-state index is 0.302. The molecular weight excluding hydrogens is 302 g/mol. The third-order valence-electron chi connectivity index (χ3n) is 3.24. The summed E-state index contributed by atoms with van der Waals surface area (Å²) in [7, 11) is 1.33. The summed E-state index contributed by atoms with van der Waals surface area (Å²) in [6.45, 7) is 0. The van der Waals surface area contributed by atoms with Gasteiger partial charge in [-0.1, -0.05) is 47.1 Å². The van der Waals surface area contributed by atoms with Gasteiger partial charge in [0.05, 0.1) is 7.11 Å². The summed E-state index contributed by atoms with van der Waals surface area (Å²) in [5.74, 6) is -0.132. The number of carbonyl (C=O) groups is 1. The average Bonchev–Trinajstić information content (AvgIpc) is 3.00. The summed E-state index contributed by atoms with van der Waals surface area (Å²) in [5.41, 5.74) is 2.25. The second-order valence-corrected chi connectivity index (χ2v) is 5.04. The van der Waals surface area contributed by atoms with Gasteiger partial charge in [-0.15, -0.1) is 0 Å². The van der Waals surface area contributed by atoms with E-state index >= 15 is 0 Å². The first-order chi connectivity index (χ1) is 10.7. The molecule has 0 spiro atoms. The van der Waals surface area contributed by atoms with Gasteiger partial charge in [0.25, 0.3) is 0 Å². The van der Waals surface area contributed by atoms with Crippen molar-refractivity contribution in [1.82, 2.24) is 5.16 Å². The molecule has 5 heteroatoms. The predicted molar refractivity (Wildman–Crippen MR) is 83.7 cm³/mol.